The molecule has 0 fully saturated rings. The molecule has 0 bridgehead atoms. The lowest BCUT2D eigenvalue weighted by Gasteiger charge is -2.09. The number of alkyl halides is 3. The lowest BCUT2D eigenvalue weighted by Crippen LogP contribution is -2.07. The van der Waals surface area contributed by atoms with Crippen molar-refractivity contribution in [1.29, 1.82) is 0 Å². The highest BCUT2D eigenvalue weighted by Crippen LogP contribution is 2.33. The maximum atomic E-state index is 12.7. The Hall–Kier alpha value is -0.950. The predicted octanol–water partition coefficient (Wildman–Crippen LogP) is 4.15. The topological polar surface area (TPSA) is 30.2 Å². The molecule has 2 rings (SSSR count). The van der Waals surface area contributed by atoms with Crippen LogP contribution in [0.3, 0.4) is 0 Å². The van der Waals surface area contributed by atoms with Gasteiger partial charge in [-0.1, -0.05) is 37.2 Å². The van der Waals surface area contributed by atoms with Crippen LogP contribution < -0.4 is 0 Å². The van der Waals surface area contributed by atoms with Crippen LogP contribution in [0.15, 0.2) is 17.4 Å². The number of thioether (sulfide) groups is 1. The molecule has 2 heterocycles. The van der Waals surface area contributed by atoms with E-state index in [1.165, 1.54) is 16.2 Å². The van der Waals surface area contributed by atoms with E-state index >= 15 is 0 Å². The van der Waals surface area contributed by atoms with Crippen molar-refractivity contribution in [3.05, 3.63) is 22.8 Å². The Morgan fingerprint density at radius 1 is 1.37 bits per heavy atom. The first-order valence-corrected chi connectivity index (χ1v) is 6.89. The molecule has 0 aromatic carbocycles. The van der Waals surface area contributed by atoms with Crippen molar-refractivity contribution in [2.45, 2.75) is 25.2 Å². The Balaban J connectivity index is 2.48. The number of pyridine rings is 1. The molecule has 0 atom stereocenters. The maximum Gasteiger partial charge on any atom is 0.417 e. The van der Waals surface area contributed by atoms with Gasteiger partial charge in [-0.25, -0.2) is 0 Å². The normalized spacial score (nSPS) is 12.6. The molecule has 0 aliphatic carbocycles. The predicted molar refractivity (Wildman–Crippen MR) is 68.6 cm³/mol. The summed E-state index contributed by atoms with van der Waals surface area (Å²) < 4.78 is 39.5. The summed E-state index contributed by atoms with van der Waals surface area (Å²) in [5.41, 5.74) is -0.572. The van der Waals surface area contributed by atoms with Crippen LogP contribution >= 0.6 is 23.4 Å². The lowest BCUT2D eigenvalue weighted by atomic mass is 10.3. The smallest absolute Gasteiger partial charge is 0.276 e. The Bertz CT molecular complexity index is 595. The van der Waals surface area contributed by atoms with Crippen molar-refractivity contribution in [1.82, 2.24) is 14.6 Å². The van der Waals surface area contributed by atoms with E-state index in [-0.39, 0.29) is 10.7 Å². The van der Waals surface area contributed by atoms with Crippen LogP contribution in [0.4, 0.5) is 13.2 Å². The van der Waals surface area contributed by atoms with Crippen LogP contribution in [-0.2, 0) is 6.18 Å². The Kier molecular flexibility index (Phi) is 3.96. The Labute approximate surface area is 117 Å². The highest BCUT2D eigenvalue weighted by atomic mass is 35.5. The van der Waals surface area contributed by atoms with Gasteiger partial charge in [0.1, 0.15) is 0 Å². The third-order valence-electron chi connectivity index (χ3n) is 2.30. The first kappa shape index (κ1) is 14.5. The number of fused-ring (bicyclic) bond motifs is 1. The fourth-order valence-electron chi connectivity index (χ4n) is 1.43. The monoisotopic (exact) mass is 309 g/mol. The Morgan fingerprint density at radius 3 is 2.63 bits per heavy atom. The summed E-state index contributed by atoms with van der Waals surface area (Å²) >= 11 is 7.17. The minimum Gasteiger partial charge on any atom is -0.276 e. The van der Waals surface area contributed by atoms with Crippen molar-refractivity contribution in [2.24, 2.45) is 5.92 Å². The minimum absolute atomic E-state index is 0.0567. The largest absolute Gasteiger partial charge is 0.417 e. The number of halogens is 4. The summed E-state index contributed by atoms with van der Waals surface area (Å²) in [5, 5.41) is 8.04. The Morgan fingerprint density at radius 2 is 2.05 bits per heavy atom. The maximum absolute atomic E-state index is 12.7. The highest BCUT2D eigenvalue weighted by molar-refractivity contribution is 7.99. The lowest BCUT2D eigenvalue weighted by molar-refractivity contribution is -0.137. The molecular formula is C11H11ClF3N3S. The molecule has 0 spiro atoms. The molecule has 0 N–H and O–H groups in total. The van der Waals surface area contributed by atoms with Crippen LogP contribution in [-0.4, -0.2) is 20.4 Å². The van der Waals surface area contributed by atoms with Crippen LogP contribution in [0.5, 0.6) is 0 Å². The second-order valence-electron chi connectivity index (χ2n) is 4.46. The molecule has 104 valence electrons. The molecule has 0 saturated carbocycles. The highest BCUT2D eigenvalue weighted by Gasteiger charge is 2.32. The van der Waals surface area contributed by atoms with E-state index in [1.54, 1.807) is 0 Å². The van der Waals surface area contributed by atoms with Gasteiger partial charge in [0, 0.05) is 11.9 Å². The van der Waals surface area contributed by atoms with Gasteiger partial charge in [-0.15, -0.1) is 10.2 Å². The number of rotatable bonds is 3. The molecule has 0 aliphatic rings. The summed E-state index contributed by atoms with van der Waals surface area (Å²) in [7, 11) is 0. The molecular weight excluding hydrogens is 299 g/mol. The van der Waals surface area contributed by atoms with Gasteiger partial charge in [-0.05, 0) is 12.0 Å². The summed E-state index contributed by atoms with van der Waals surface area (Å²) in [6.45, 7) is 4.04. The number of aromatic nitrogens is 3. The number of nitrogens with zero attached hydrogens (tertiary/aromatic N) is 3. The summed E-state index contributed by atoms with van der Waals surface area (Å²) in [6.07, 6.45) is -3.47. The second kappa shape index (κ2) is 5.20. The molecule has 8 heteroatoms. The SMILES string of the molecule is CC(C)CSc1nnc2c(Cl)cc(C(F)(F)F)cn12. The molecule has 2 aromatic heterocycles. The zero-order valence-electron chi connectivity index (χ0n) is 10.2. The fraction of sp³-hybridized carbons (Fsp3) is 0.455. The summed E-state index contributed by atoms with van der Waals surface area (Å²) in [5.74, 6) is 1.15. The minimum atomic E-state index is -4.44. The number of hydrogen-bond donors (Lipinski definition) is 0. The van der Waals surface area contributed by atoms with Gasteiger partial charge in [-0.3, -0.25) is 4.40 Å². The van der Waals surface area contributed by atoms with E-state index in [1.807, 2.05) is 13.8 Å². The molecule has 3 nitrogen and oxygen atoms in total. The van der Waals surface area contributed by atoms with E-state index in [0.29, 0.717) is 11.1 Å². The molecule has 0 saturated heterocycles. The van der Waals surface area contributed by atoms with Crippen LogP contribution in [0.2, 0.25) is 5.02 Å². The van der Waals surface area contributed by atoms with E-state index in [4.69, 9.17) is 11.6 Å². The third kappa shape index (κ3) is 3.14. The quantitative estimate of drug-likeness (QED) is 0.798. The van der Waals surface area contributed by atoms with Gasteiger partial charge in [0.05, 0.1) is 10.6 Å². The van der Waals surface area contributed by atoms with E-state index in [9.17, 15) is 13.2 Å². The molecule has 19 heavy (non-hydrogen) atoms. The van der Waals surface area contributed by atoms with Gasteiger partial charge < -0.3 is 0 Å². The average molecular weight is 310 g/mol. The van der Waals surface area contributed by atoms with Crippen molar-refractivity contribution in [3.63, 3.8) is 0 Å². The summed E-state index contributed by atoms with van der Waals surface area (Å²) in [4.78, 5) is 0. The van der Waals surface area contributed by atoms with Crippen molar-refractivity contribution in [2.75, 3.05) is 5.75 Å². The van der Waals surface area contributed by atoms with Crippen molar-refractivity contribution in [3.8, 4) is 0 Å². The molecule has 0 radical (unpaired) electrons. The fourth-order valence-corrected chi connectivity index (χ4v) is 2.53. The van der Waals surface area contributed by atoms with Crippen LogP contribution in [0.1, 0.15) is 19.4 Å². The van der Waals surface area contributed by atoms with Crippen molar-refractivity contribution < 1.29 is 13.2 Å². The van der Waals surface area contributed by atoms with Gasteiger partial charge in [0.15, 0.2) is 10.8 Å². The molecule has 0 amide bonds. The van der Waals surface area contributed by atoms with Gasteiger partial charge >= 0.3 is 6.18 Å². The molecule has 0 aliphatic heterocycles. The van der Waals surface area contributed by atoms with Gasteiger partial charge in [0.2, 0.25) is 0 Å². The van der Waals surface area contributed by atoms with Crippen molar-refractivity contribution >= 4 is 29.0 Å². The molecule has 0 unspecified atom stereocenters. The zero-order chi connectivity index (χ0) is 14.2. The van der Waals surface area contributed by atoms with Gasteiger partial charge in [-0.2, -0.15) is 13.2 Å². The first-order chi connectivity index (χ1) is 8.79. The van der Waals surface area contributed by atoms with Crippen LogP contribution in [0.25, 0.3) is 5.65 Å². The van der Waals surface area contributed by atoms with E-state index in [0.717, 1.165) is 18.0 Å². The molecule has 2 aromatic rings. The zero-order valence-corrected chi connectivity index (χ0v) is 11.8. The van der Waals surface area contributed by atoms with E-state index in [2.05, 4.69) is 10.2 Å². The van der Waals surface area contributed by atoms with E-state index < -0.39 is 11.7 Å². The first-order valence-electron chi connectivity index (χ1n) is 5.53. The average Bonchev–Trinajstić information content (AvgIpc) is 2.68. The third-order valence-corrected chi connectivity index (χ3v) is 3.95. The second-order valence-corrected chi connectivity index (χ2v) is 5.85. The number of hydrogen-bond acceptors (Lipinski definition) is 3. The van der Waals surface area contributed by atoms with Gasteiger partial charge in [0.25, 0.3) is 0 Å². The van der Waals surface area contributed by atoms with Crippen LogP contribution in [0, 0.1) is 5.92 Å². The standard InChI is InChI=1S/C11H11ClF3N3S/c1-6(2)5-19-10-17-16-9-8(12)3-7(4-18(9)10)11(13,14)15/h3-4,6H,5H2,1-2H3. The summed E-state index contributed by atoms with van der Waals surface area (Å²) in [6, 6.07) is 0.864.